The van der Waals surface area contributed by atoms with Gasteiger partial charge in [0.2, 0.25) is 11.9 Å². The molecule has 4 heterocycles. The predicted octanol–water partition coefficient (Wildman–Crippen LogP) is 5.36. The van der Waals surface area contributed by atoms with E-state index < -0.39 is 6.10 Å². The van der Waals surface area contributed by atoms with Crippen molar-refractivity contribution in [1.29, 1.82) is 0 Å². The molecular formula is C28H34N4O3S2. The number of ether oxygens (including phenoxy) is 1. The fraction of sp³-hybridized carbons (Fsp3) is 0.464. The summed E-state index contributed by atoms with van der Waals surface area (Å²) in [6, 6.07) is 11.7. The second-order valence-electron chi connectivity index (χ2n) is 9.49. The van der Waals surface area contributed by atoms with Gasteiger partial charge < -0.3 is 14.5 Å². The number of Topliss-reactive ketones (excluding diaryl/α,β-unsaturated/α-hetero) is 1. The molecule has 0 radical (unpaired) electrons. The zero-order valence-corrected chi connectivity index (χ0v) is 23.1. The van der Waals surface area contributed by atoms with E-state index in [1.165, 1.54) is 35.5 Å². The maximum absolute atomic E-state index is 13.4. The van der Waals surface area contributed by atoms with Gasteiger partial charge in [0.05, 0.1) is 10.4 Å². The third-order valence-corrected chi connectivity index (χ3v) is 9.10. The monoisotopic (exact) mass is 538 g/mol. The Morgan fingerprint density at radius 3 is 2.59 bits per heavy atom. The Labute approximate surface area is 226 Å². The Bertz CT molecular complexity index is 1200. The molecule has 0 saturated carbocycles. The van der Waals surface area contributed by atoms with Crippen molar-refractivity contribution in [2.45, 2.75) is 45.3 Å². The average molecular weight is 539 g/mol. The fourth-order valence-corrected chi connectivity index (χ4v) is 6.86. The number of hydrogen-bond donors (Lipinski definition) is 0. The predicted molar refractivity (Wildman–Crippen MR) is 149 cm³/mol. The lowest BCUT2D eigenvalue weighted by Crippen LogP contribution is -2.45. The van der Waals surface area contributed by atoms with Crippen LogP contribution < -0.4 is 9.64 Å². The van der Waals surface area contributed by atoms with Crippen LogP contribution >= 0.6 is 22.7 Å². The van der Waals surface area contributed by atoms with Gasteiger partial charge in [0.25, 0.3) is 5.91 Å². The molecular weight excluding hydrogens is 504 g/mol. The Kier molecular flexibility index (Phi) is 8.34. The number of nitrogens with zero attached hydrogens (tertiary/aromatic N) is 4. The van der Waals surface area contributed by atoms with Gasteiger partial charge in [-0.05, 0) is 75.6 Å². The number of rotatable bonds is 10. The number of thiazole rings is 1. The molecule has 37 heavy (non-hydrogen) atoms. The average Bonchev–Trinajstić information content (AvgIpc) is 3.69. The highest BCUT2D eigenvalue weighted by atomic mass is 32.1. The summed E-state index contributed by atoms with van der Waals surface area (Å²) in [5.41, 5.74) is 1.14. The zero-order valence-electron chi connectivity index (χ0n) is 21.5. The lowest BCUT2D eigenvalue weighted by atomic mass is 10.0. The molecule has 0 N–H and O–H groups in total. The number of hydrogen-bond acceptors (Lipinski definition) is 8. The van der Waals surface area contributed by atoms with Crippen molar-refractivity contribution in [3.63, 3.8) is 0 Å². The second kappa shape index (κ2) is 11.9. The Morgan fingerprint density at radius 1 is 1.11 bits per heavy atom. The standard InChI is InChI=1S/C28H34N4O3S2/c1-3-31(4-2)20-12-16-30(17-13-20)14-8-15-32(27(34)24-11-7-18-36-24)28-29-22(19-37-28)26-25(33)21-9-5-6-10-23(21)35-26/h5-7,9-11,18-20,26H,3-4,8,12-17H2,1-2H3. The van der Waals surface area contributed by atoms with Gasteiger partial charge in [0, 0.05) is 18.0 Å². The van der Waals surface area contributed by atoms with Crippen molar-refractivity contribution in [1.82, 2.24) is 14.8 Å². The maximum atomic E-state index is 13.4. The number of fused-ring (bicyclic) bond motifs is 1. The van der Waals surface area contributed by atoms with E-state index >= 15 is 0 Å². The Hall–Kier alpha value is -2.59. The van der Waals surface area contributed by atoms with Crippen molar-refractivity contribution in [2.75, 3.05) is 44.2 Å². The highest BCUT2D eigenvalue weighted by Crippen LogP contribution is 2.38. The molecule has 5 rings (SSSR count). The van der Waals surface area contributed by atoms with Gasteiger partial charge in [-0.1, -0.05) is 32.0 Å². The van der Waals surface area contributed by atoms with Gasteiger partial charge in [-0.15, -0.1) is 22.7 Å². The Morgan fingerprint density at radius 2 is 1.89 bits per heavy atom. The van der Waals surface area contributed by atoms with Crippen LogP contribution in [-0.4, -0.2) is 71.8 Å². The van der Waals surface area contributed by atoms with Crippen molar-refractivity contribution < 1.29 is 14.3 Å². The lowest BCUT2D eigenvalue weighted by molar-refractivity contribution is 0.0854. The first-order valence-electron chi connectivity index (χ1n) is 13.2. The first-order chi connectivity index (χ1) is 18.1. The number of amides is 1. The third kappa shape index (κ3) is 5.65. The molecule has 3 aromatic rings. The SMILES string of the molecule is CCN(CC)C1CCN(CCCN(C(=O)c2cccs2)c2nc(C3Oc4ccccc4C3=O)cs2)CC1. The number of thiophene rings is 1. The molecule has 0 aliphatic carbocycles. The number of carbonyl (C=O) groups is 2. The van der Waals surface area contributed by atoms with E-state index in [-0.39, 0.29) is 11.7 Å². The number of anilines is 1. The molecule has 9 heteroatoms. The van der Waals surface area contributed by atoms with E-state index in [1.54, 1.807) is 17.0 Å². The number of para-hydroxylation sites is 1. The molecule has 0 bridgehead atoms. The molecule has 1 amide bonds. The molecule has 1 saturated heterocycles. The Balaban J connectivity index is 1.24. The fourth-order valence-electron chi connectivity index (χ4n) is 5.33. The van der Waals surface area contributed by atoms with Crippen LogP contribution in [0.2, 0.25) is 0 Å². The summed E-state index contributed by atoms with van der Waals surface area (Å²) in [7, 11) is 0. The van der Waals surface area contributed by atoms with Gasteiger partial charge in [0.15, 0.2) is 5.13 Å². The van der Waals surface area contributed by atoms with E-state index in [0.717, 1.165) is 39.1 Å². The number of benzene rings is 1. The van der Waals surface area contributed by atoms with Crippen LogP contribution in [0.4, 0.5) is 5.13 Å². The summed E-state index contributed by atoms with van der Waals surface area (Å²) in [6.07, 6.45) is 2.51. The number of ketones is 1. The van der Waals surface area contributed by atoms with Gasteiger partial charge in [-0.25, -0.2) is 4.98 Å². The molecule has 1 unspecified atom stereocenters. The minimum absolute atomic E-state index is 0.0434. The van der Waals surface area contributed by atoms with Crippen molar-refractivity contribution >= 4 is 39.5 Å². The van der Waals surface area contributed by atoms with Crippen LogP contribution in [0.1, 0.15) is 64.9 Å². The quantitative estimate of drug-likeness (QED) is 0.346. The van der Waals surface area contributed by atoms with E-state index in [4.69, 9.17) is 9.72 Å². The van der Waals surface area contributed by atoms with Crippen LogP contribution in [0.25, 0.3) is 0 Å². The minimum atomic E-state index is -0.756. The summed E-state index contributed by atoms with van der Waals surface area (Å²) in [4.78, 5) is 38.6. The van der Waals surface area contributed by atoms with Crippen molar-refractivity contribution in [3.8, 4) is 5.75 Å². The first-order valence-corrected chi connectivity index (χ1v) is 14.9. The summed E-state index contributed by atoms with van der Waals surface area (Å²) in [5, 5.41) is 4.37. The molecule has 1 atom stereocenters. The molecule has 2 aliphatic heterocycles. The third-order valence-electron chi connectivity index (χ3n) is 7.36. The van der Waals surface area contributed by atoms with Gasteiger partial charge in [0.1, 0.15) is 11.4 Å². The van der Waals surface area contributed by atoms with Crippen LogP contribution in [-0.2, 0) is 0 Å². The molecule has 0 spiro atoms. The van der Waals surface area contributed by atoms with Crippen LogP contribution in [0.15, 0.2) is 47.2 Å². The van der Waals surface area contributed by atoms with Gasteiger partial charge >= 0.3 is 0 Å². The molecule has 1 fully saturated rings. The second-order valence-corrected chi connectivity index (χ2v) is 11.3. The highest BCUT2D eigenvalue weighted by molar-refractivity contribution is 7.14. The van der Waals surface area contributed by atoms with Crippen LogP contribution in [0, 0.1) is 0 Å². The first kappa shape index (κ1) is 26.0. The highest BCUT2D eigenvalue weighted by Gasteiger charge is 2.36. The summed E-state index contributed by atoms with van der Waals surface area (Å²) < 4.78 is 5.92. The molecule has 2 aliphatic rings. The summed E-state index contributed by atoms with van der Waals surface area (Å²) >= 11 is 2.83. The smallest absolute Gasteiger partial charge is 0.270 e. The minimum Gasteiger partial charge on any atom is -0.475 e. The largest absolute Gasteiger partial charge is 0.475 e. The maximum Gasteiger partial charge on any atom is 0.270 e. The molecule has 7 nitrogen and oxygen atoms in total. The summed E-state index contributed by atoms with van der Waals surface area (Å²) in [5.74, 6) is 0.457. The molecule has 196 valence electrons. The van der Waals surface area contributed by atoms with Crippen molar-refractivity contribution in [2.24, 2.45) is 0 Å². The number of piperidine rings is 1. The van der Waals surface area contributed by atoms with Crippen LogP contribution in [0.5, 0.6) is 5.75 Å². The van der Waals surface area contributed by atoms with E-state index in [0.29, 0.717) is 39.6 Å². The van der Waals surface area contributed by atoms with Gasteiger partial charge in [-0.2, -0.15) is 0 Å². The number of likely N-dealkylation sites (tertiary alicyclic amines) is 1. The number of carbonyl (C=O) groups excluding carboxylic acids is 2. The molecule has 1 aromatic carbocycles. The summed E-state index contributed by atoms with van der Waals surface area (Å²) in [6.45, 7) is 10.4. The van der Waals surface area contributed by atoms with Gasteiger partial charge in [-0.3, -0.25) is 14.5 Å². The topological polar surface area (TPSA) is 66.0 Å². The van der Waals surface area contributed by atoms with Crippen molar-refractivity contribution in [3.05, 3.63) is 63.3 Å². The van der Waals surface area contributed by atoms with E-state index in [1.807, 2.05) is 35.0 Å². The molecule has 2 aromatic heterocycles. The zero-order chi connectivity index (χ0) is 25.8. The lowest BCUT2D eigenvalue weighted by Gasteiger charge is -2.37. The van der Waals surface area contributed by atoms with Crippen LogP contribution in [0.3, 0.4) is 0 Å². The van der Waals surface area contributed by atoms with E-state index in [9.17, 15) is 9.59 Å². The van der Waals surface area contributed by atoms with E-state index in [2.05, 4.69) is 23.6 Å². The number of aromatic nitrogens is 1. The normalized spacial score (nSPS) is 18.2.